The molecule has 194 valence electrons. The first-order valence-corrected chi connectivity index (χ1v) is 15.4. The highest BCUT2D eigenvalue weighted by Gasteiger charge is 2.32. The van der Waals surface area contributed by atoms with Gasteiger partial charge < -0.3 is 4.57 Å². The molecule has 0 bridgehead atoms. The standard InChI is InChI=1S/C32H33N3O2S/c1-2-3-8-18-34-31-12-7-6-11-29(31)30-20-24(13-16-32(30)34)22-33-35(28-17-19-38(36,37)23-28)27-15-14-25-9-4-5-10-26(25)21-27/h4-7,9-16,20-22,28H,2-3,8,17-19,23H2,1H3. The highest BCUT2D eigenvalue weighted by molar-refractivity contribution is 7.91. The molecule has 38 heavy (non-hydrogen) atoms. The average molecular weight is 524 g/mol. The Kier molecular flexibility index (Phi) is 6.66. The number of hydrazone groups is 1. The maximum atomic E-state index is 12.3. The van der Waals surface area contributed by atoms with Gasteiger partial charge in [0.2, 0.25) is 0 Å². The van der Waals surface area contributed by atoms with Crippen LogP contribution in [0.5, 0.6) is 0 Å². The van der Waals surface area contributed by atoms with E-state index in [4.69, 9.17) is 5.10 Å². The Morgan fingerprint density at radius 3 is 2.50 bits per heavy atom. The molecule has 0 saturated carbocycles. The molecule has 6 heteroatoms. The maximum absolute atomic E-state index is 12.3. The molecule has 1 aliphatic heterocycles. The Bertz CT molecular complexity index is 1750. The van der Waals surface area contributed by atoms with Gasteiger partial charge in [0.05, 0.1) is 29.4 Å². The van der Waals surface area contributed by atoms with E-state index in [9.17, 15) is 8.42 Å². The molecule has 5 nitrogen and oxygen atoms in total. The summed E-state index contributed by atoms with van der Waals surface area (Å²) >= 11 is 0. The number of anilines is 1. The Balaban J connectivity index is 1.38. The second-order valence-electron chi connectivity index (χ2n) is 10.3. The van der Waals surface area contributed by atoms with Crippen molar-refractivity contribution in [3.8, 4) is 0 Å². The molecule has 0 spiro atoms. The van der Waals surface area contributed by atoms with Gasteiger partial charge in [0.25, 0.3) is 0 Å². The summed E-state index contributed by atoms with van der Waals surface area (Å²) in [6.45, 7) is 3.25. The van der Waals surface area contributed by atoms with Gasteiger partial charge in [0.1, 0.15) is 0 Å². The maximum Gasteiger partial charge on any atom is 0.152 e. The van der Waals surface area contributed by atoms with Crippen molar-refractivity contribution in [1.82, 2.24) is 4.57 Å². The Labute approximate surface area is 224 Å². The summed E-state index contributed by atoms with van der Waals surface area (Å²) in [4.78, 5) is 0. The molecule has 6 rings (SSSR count). The van der Waals surface area contributed by atoms with Crippen molar-refractivity contribution in [3.63, 3.8) is 0 Å². The van der Waals surface area contributed by atoms with Gasteiger partial charge in [-0.25, -0.2) is 8.42 Å². The number of fused-ring (bicyclic) bond motifs is 4. The van der Waals surface area contributed by atoms with Gasteiger partial charge in [-0.05, 0) is 59.5 Å². The van der Waals surface area contributed by atoms with Crippen LogP contribution in [0, 0.1) is 0 Å². The minimum absolute atomic E-state index is 0.126. The van der Waals surface area contributed by atoms with Gasteiger partial charge in [0, 0.05) is 28.4 Å². The summed E-state index contributed by atoms with van der Waals surface area (Å²) < 4.78 is 27.1. The van der Waals surface area contributed by atoms with Crippen molar-refractivity contribution in [2.45, 2.75) is 45.2 Å². The Morgan fingerprint density at radius 1 is 0.895 bits per heavy atom. The van der Waals surface area contributed by atoms with Gasteiger partial charge in [-0.2, -0.15) is 5.10 Å². The second-order valence-corrected chi connectivity index (χ2v) is 12.6. The highest BCUT2D eigenvalue weighted by Crippen LogP contribution is 2.31. The summed E-state index contributed by atoms with van der Waals surface area (Å²) in [5, 5.41) is 11.6. The zero-order chi connectivity index (χ0) is 26.1. The summed E-state index contributed by atoms with van der Waals surface area (Å²) in [5.41, 5.74) is 4.42. The van der Waals surface area contributed by atoms with E-state index in [-0.39, 0.29) is 17.5 Å². The van der Waals surface area contributed by atoms with Gasteiger partial charge >= 0.3 is 0 Å². The second kappa shape index (κ2) is 10.3. The molecule has 0 aliphatic carbocycles. The van der Waals surface area contributed by atoms with E-state index in [1.54, 1.807) is 0 Å². The zero-order valence-electron chi connectivity index (χ0n) is 21.8. The van der Waals surface area contributed by atoms with Crippen molar-refractivity contribution in [3.05, 3.63) is 90.5 Å². The lowest BCUT2D eigenvalue weighted by atomic mass is 10.1. The van der Waals surface area contributed by atoms with Crippen LogP contribution >= 0.6 is 0 Å². The van der Waals surface area contributed by atoms with Gasteiger partial charge in [0.15, 0.2) is 9.84 Å². The Hall–Kier alpha value is -3.64. The molecule has 0 amide bonds. The largest absolute Gasteiger partial charge is 0.340 e. The quantitative estimate of drug-likeness (QED) is 0.123. The molecule has 1 aliphatic rings. The number of aryl methyl sites for hydroxylation is 1. The predicted octanol–water partition coefficient (Wildman–Crippen LogP) is 7.17. The minimum atomic E-state index is -3.05. The summed E-state index contributed by atoms with van der Waals surface area (Å²) in [7, 11) is -3.05. The molecule has 1 atom stereocenters. The van der Waals surface area contributed by atoms with Crippen LogP contribution in [0.1, 0.15) is 38.2 Å². The van der Waals surface area contributed by atoms with Crippen LogP contribution in [-0.4, -0.2) is 36.7 Å². The number of hydrogen-bond donors (Lipinski definition) is 0. The van der Waals surface area contributed by atoms with Gasteiger partial charge in [-0.15, -0.1) is 0 Å². The van der Waals surface area contributed by atoms with Gasteiger partial charge in [-0.3, -0.25) is 5.01 Å². The lowest BCUT2D eigenvalue weighted by Gasteiger charge is -2.25. The lowest BCUT2D eigenvalue weighted by Crippen LogP contribution is -2.32. The fraction of sp³-hybridized carbons (Fsp3) is 0.281. The molecule has 4 aromatic carbocycles. The monoisotopic (exact) mass is 523 g/mol. The van der Waals surface area contributed by atoms with Crippen molar-refractivity contribution < 1.29 is 8.42 Å². The zero-order valence-corrected chi connectivity index (χ0v) is 22.6. The van der Waals surface area contributed by atoms with E-state index in [2.05, 4.69) is 78.2 Å². The van der Waals surface area contributed by atoms with Crippen LogP contribution in [0.25, 0.3) is 32.6 Å². The van der Waals surface area contributed by atoms with Crippen molar-refractivity contribution in [2.75, 3.05) is 16.5 Å². The fourth-order valence-electron chi connectivity index (χ4n) is 5.70. The van der Waals surface area contributed by atoms with E-state index in [1.807, 2.05) is 29.4 Å². The molecular formula is C32H33N3O2S. The van der Waals surface area contributed by atoms with Gasteiger partial charge in [-0.1, -0.05) is 74.4 Å². The Morgan fingerprint density at radius 2 is 1.68 bits per heavy atom. The normalized spacial score (nSPS) is 17.2. The van der Waals surface area contributed by atoms with Crippen LogP contribution < -0.4 is 5.01 Å². The molecule has 5 aromatic rings. The third-order valence-electron chi connectivity index (χ3n) is 7.66. The number of para-hydroxylation sites is 1. The van der Waals surface area contributed by atoms with Crippen LogP contribution in [-0.2, 0) is 16.4 Å². The number of sulfone groups is 1. The number of benzene rings is 4. The third-order valence-corrected chi connectivity index (χ3v) is 9.42. The van der Waals surface area contributed by atoms with E-state index >= 15 is 0 Å². The molecule has 0 radical (unpaired) electrons. The van der Waals surface area contributed by atoms with Crippen LogP contribution in [0.15, 0.2) is 90.0 Å². The molecule has 0 N–H and O–H groups in total. The summed E-state index contributed by atoms with van der Waals surface area (Å²) in [6.07, 6.45) is 6.05. The first-order chi connectivity index (χ1) is 18.5. The SMILES string of the molecule is CCCCCn1c2ccccc2c2cc(C=NN(c3ccc4ccccc4c3)C3CCS(=O)(=O)C3)ccc21. The van der Waals surface area contributed by atoms with E-state index in [0.717, 1.165) is 28.6 Å². The minimum Gasteiger partial charge on any atom is -0.340 e. The third kappa shape index (κ3) is 4.81. The topological polar surface area (TPSA) is 54.7 Å². The molecular weight excluding hydrogens is 490 g/mol. The first kappa shape index (κ1) is 24.7. The number of rotatable bonds is 8. The molecule has 1 saturated heterocycles. The highest BCUT2D eigenvalue weighted by atomic mass is 32.2. The lowest BCUT2D eigenvalue weighted by molar-refractivity contribution is 0.600. The van der Waals surface area contributed by atoms with Crippen LogP contribution in [0.2, 0.25) is 0 Å². The van der Waals surface area contributed by atoms with Crippen molar-refractivity contribution in [1.29, 1.82) is 0 Å². The molecule has 1 fully saturated rings. The van der Waals surface area contributed by atoms with E-state index in [1.165, 1.54) is 41.1 Å². The van der Waals surface area contributed by atoms with E-state index < -0.39 is 9.84 Å². The first-order valence-electron chi connectivity index (χ1n) is 13.6. The average Bonchev–Trinajstić information content (AvgIpc) is 3.45. The smallest absolute Gasteiger partial charge is 0.152 e. The number of hydrogen-bond acceptors (Lipinski definition) is 4. The van der Waals surface area contributed by atoms with Crippen molar-refractivity contribution >= 4 is 54.3 Å². The molecule has 1 unspecified atom stereocenters. The van der Waals surface area contributed by atoms with E-state index in [0.29, 0.717) is 6.42 Å². The van der Waals surface area contributed by atoms with Crippen molar-refractivity contribution in [2.24, 2.45) is 5.10 Å². The van der Waals surface area contributed by atoms with Crippen LogP contribution in [0.4, 0.5) is 5.69 Å². The summed E-state index contributed by atoms with van der Waals surface area (Å²) in [6, 6.07) is 29.4. The summed E-state index contributed by atoms with van der Waals surface area (Å²) in [5.74, 6) is 0.336. The number of aromatic nitrogens is 1. The fourth-order valence-corrected chi connectivity index (χ4v) is 7.39. The predicted molar refractivity (Wildman–Crippen MR) is 160 cm³/mol. The molecule has 2 heterocycles. The molecule has 1 aromatic heterocycles. The number of nitrogens with zero attached hydrogens (tertiary/aromatic N) is 3. The number of unbranched alkanes of at least 4 members (excludes halogenated alkanes) is 2. The van der Waals surface area contributed by atoms with Crippen LogP contribution in [0.3, 0.4) is 0 Å².